The highest BCUT2D eigenvalue weighted by Crippen LogP contribution is 2.22. The van der Waals surface area contributed by atoms with Gasteiger partial charge in [0.05, 0.1) is 16.4 Å². The van der Waals surface area contributed by atoms with Gasteiger partial charge in [0.15, 0.2) is 0 Å². The van der Waals surface area contributed by atoms with Crippen molar-refractivity contribution >= 4 is 15.7 Å². The molecule has 2 rings (SSSR count). The summed E-state index contributed by atoms with van der Waals surface area (Å²) in [5.41, 5.74) is 0.845. The minimum Gasteiger partial charge on any atom is -0.492 e. The molecule has 1 aromatic heterocycles. The van der Waals surface area contributed by atoms with Crippen LogP contribution in [0.1, 0.15) is 11.4 Å². The normalized spacial score (nSPS) is 11.7. The maximum absolute atomic E-state index is 12.0. The number of aromatic nitrogens is 2. The number of hydrogen-bond acceptors (Lipinski definition) is 6. The molecule has 0 radical (unpaired) electrons. The second kappa shape index (κ2) is 7.19. The van der Waals surface area contributed by atoms with Gasteiger partial charge in [-0.2, -0.15) is 5.10 Å². The van der Waals surface area contributed by atoms with E-state index in [4.69, 9.17) is 4.74 Å². The van der Waals surface area contributed by atoms with Gasteiger partial charge in [-0.1, -0.05) is 0 Å². The first kappa shape index (κ1) is 18.9. The Kier molecular flexibility index (Phi) is 5.43. The van der Waals surface area contributed by atoms with Crippen molar-refractivity contribution in [1.82, 2.24) is 14.1 Å². The maximum atomic E-state index is 12.0. The highest BCUT2D eigenvalue weighted by atomic mass is 32.2. The number of ether oxygens (including phenoxy) is 1. The summed E-state index contributed by atoms with van der Waals surface area (Å²) in [6, 6.07) is 6.08. The van der Waals surface area contributed by atoms with Crippen molar-refractivity contribution in [3.63, 3.8) is 0 Å². The lowest BCUT2D eigenvalue weighted by atomic mass is 10.3. The van der Waals surface area contributed by atoms with E-state index in [2.05, 4.69) is 5.10 Å². The molecular weight excluding hydrogens is 348 g/mol. The van der Waals surface area contributed by atoms with Crippen molar-refractivity contribution in [2.75, 3.05) is 20.7 Å². The van der Waals surface area contributed by atoms with Crippen molar-refractivity contribution in [2.24, 2.45) is 0 Å². The Morgan fingerprint density at radius 1 is 1.24 bits per heavy atom. The fraction of sp³-hybridized carbons (Fsp3) is 0.400. The van der Waals surface area contributed by atoms with E-state index >= 15 is 0 Å². The van der Waals surface area contributed by atoms with Crippen molar-refractivity contribution in [1.29, 1.82) is 0 Å². The molecule has 9 nitrogen and oxygen atoms in total. The summed E-state index contributed by atoms with van der Waals surface area (Å²) in [5, 5.41) is 15.1. The molecule has 0 spiro atoms. The smallest absolute Gasteiger partial charge is 0.312 e. The van der Waals surface area contributed by atoms with Gasteiger partial charge in [0.1, 0.15) is 23.7 Å². The Hall–Kier alpha value is -2.46. The summed E-state index contributed by atoms with van der Waals surface area (Å²) in [4.78, 5) is 10.7. The third-order valence-electron chi connectivity index (χ3n) is 3.70. The van der Waals surface area contributed by atoms with Gasteiger partial charge in [-0.3, -0.25) is 14.8 Å². The van der Waals surface area contributed by atoms with Crippen LogP contribution in [-0.4, -0.2) is 48.1 Å². The number of hydrogen-bond donors (Lipinski definition) is 0. The molecule has 0 fully saturated rings. The van der Waals surface area contributed by atoms with E-state index in [1.807, 2.05) is 0 Å². The molecule has 0 bridgehead atoms. The van der Waals surface area contributed by atoms with Crippen LogP contribution in [0.4, 0.5) is 5.69 Å². The molecule has 0 saturated heterocycles. The highest BCUT2D eigenvalue weighted by molar-refractivity contribution is 7.89. The van der Waals surface area contributed by atoms with Crippen LogP contribution in [0.15, 0.2) is 29.2 Å². The lowest BCUT2D eigenvalue weighted by Gasteiger charge is -2.12. The summed E-state index contributed by atoms with van der Waals surface area (Å²) in [6.07, 6.45) is 0. The predicted octanol–water partition coefficient (Wildman–Crippen LogP) is 1.74. The summed E-state index contributed by atoms with van der Waals surface area (Å²) in [6.45, 7) is 3.82. The Balaban J connectivity index is 2.02. The Morgan fingerprint density at radius 2 is 1.84 bits per heavy atom. The van der Waals surface area contributed by atoms with Gasteiger partial charge >= 0.3 is 5.69 Å². The highest BCUT2D eigenvalue weighted by Gasteiger charge is 2.21. The van der Waals surface area contributed by atoms with Gasteiger partial charge in [-0.25, -0.2) is 12.7 Å². The molecule has 0 saturated carbocycles. The standard InChI is InChI=1S/C15H20N4O5S/c1-11-15(19(20)21)12(2)18(16-11)9-10-24-13-5-7-14(8-6-13)25(22,23)17(3)4/h5-8H,9-10H2,1-4H3. The van der Waals surface area contributed by atoms with E-state index < -0.39 is 14.9 Å². The molecule has 0 unspecified atom stereocenters. The van der Waals surface area contributed by atoms with E-state index in [0.717, 1.165) is 4.31 Å². The molecule has 0 aliphatic rings. The average molecular weight is 368 g/mol. The lowest BCUT2D eigenvalue weighted by Crippen LogP contribution is -2.22. The van der Waals surface area contributed by atoms with Gasteiger partial charge in [-0.15, -0.1) is 0 Å². The van der Waals surface area contributed by atoms with E-state index in [-0.39, 0.29) is 17.2 Å². The predicted molar refractivity (Wildman–Crippen MR) is 91.2 cm³/mol. The molecule has 2 aromatic rings. The molecule has 0 atom stereocenters. The molecule has 10 heteroatoms. The van der Waals surface area contributed by atoms with Crippen LogP contribution in [0, 0.1) is 24.0 Å². The third-order valence-corrected chi connectivity index (χ3v) is 5.53. The van der Waals surface area contributed by atoms with Crippen LogP contribution in [0.2, 0.25) is 0 Å². The quantitative estimate of drug-likeness (QED) is 0.544. The molecule has 0 amide bonds. The van der Waals surface area contributed by atoms with Crippen molar-refractivity contribution in [3.8, 4) is 5.75 Å². The summed E-state index contributed by atoms with van der Waals surface area (Å²) >= 11 is 0. The molecule has 1 aromatic carbocycles. The summed E-state index contributed by atoms with van der Waals surface area (Å²) < 4.78 is 32.2. The monoisotopic (exact) mass is 368 g/mol. The fourth-order valence-corrected chi connectivity index (χ4v) is 3.24. The van der Waals surface area contributed by atoms with Crippen LogP contribution in [0.5, 0.6) is 5.75 Å². The van der Waals surface area contributed by atoms with Crippen LogP contribution in [-0.2, 0) is 16.6 Å². The summed E-state index contributed by atoms with van der Waals surface area (Å²) in [5.74, 6) is 0.508. The van der Waals surface area contributed by atoms with Crippen LogP contribution >= 0.6 is 0 Å². The largest absolute Gasteiger partial charge is 0.492 e. The molecule has 136 valence electrons. The van der Waals surface area contributed by atoms with Gasteiger partial charge in [-0.05, 0) is 38.1 Å². The van der Waals surface area contributed by atoms with Crippen LogP contribution in [0.25, 0.3) is 0 Å². The average Bonchev–Trinajstić information content (AvgIpc) is 2.82. The lowest BCUT2D eigenvalue weighted by molar-refractivity contribution is -0.386. The summed E-state index contributed by atoms with van der Waals surface area (Å²) in [7, 11) is -0.542. The zero-order valence-electron chi connectivity index (χ0n) is 14.5. The Labute approximate surface area is 146 Å². The zero-order chi connectivity index (χ0) is 18.8. The zero-order valence-corrected chi connectivity index (χ0v) is 15.3. The SMILES string of the molecule is Cc1nn(CCOc2ccc(S(=O)(=O)N(C)C)cc2)c(C)c1[N+](=O)[O-]. The van der Waals surface area contributed by atoms with Gasteiger partial charge in [0.2, 0.25) is 10.0 Å². The van der Waals surface area contributed by atoms with Crippen LogP contribution in [0.3, 0.4) is 0 Å². The Bertz CT molecular complexity index is 872. The first-order chi connectivity index (χ1) is 11.6. The minimum atomic E-state index is -3.47. The number of nitro groups is 1. The number of nitrogens with zero attached hydrogens (tertiary/aromatic N) is 4. The molecule has 0 aliphatic carbocycles. The maximum Gasteiger partial charge on any atom is 0.312 e. The van der Waals surface area contributed by atoms with E-state index in [0.29, 0.717) is 23.7 Å². The second-order valence-electron chi connectivity index (χ2n) is 5.61. The van der Waals surface area contributed by atoms with Crippen LogP contribution < -0.4 is 4.74 Å². The minimum absolute atomic E-state index is 0.0123. The van der Waals surface area contributed by atoms with Gasteiger partial charge < -0.3 is 4.74 Å². The number of sulfonamides is 1. The number of rotatable bonds is 7. The third kappa shape index (κ3) is 3.97. The Morgan fingerprint density at radius 3 is 2.32 bits per heavy atom. The molecular formula is C15H20N4O5S. The topological polar surface area (TPSA) is 108 Å². The van der Waals surface area contributed by atoms with Crippen molar-refractivity contribution in [3.05, 3.63) is 45.8 Å². The van der Waals surface area contributed by atoms with Crippen molar-refractivity contribution in [2.45, 2.75) is 25.3 Å². The van der Waals surface area contributed by atoms with E-state index in [9.17, 15) is 18.5 Å². The molecule has 25 heavy (non-hydrogen) atoms. The first-order valence-corrected chi connectivity index (χ1v) is 8.92. The number of benzene rings is 1. The van der Waals surface area contributed by atoms with Crippen molar-refractivity contribution < 1.29 is 18.1 Å². The van der Waals surface area contributed by atoms with E-state index in [1.165, 1.54) is 30.9 Å². The fourth-order valence-electron chi connectivity index (χ4n) is 2.34. The molecule has 0 N–H and O–H groups in total. The van der Waals surface area contributed by atoms with E-state index in [1.54, 1.807) is 26.0 Å². The number of aryl methyl sites for hydroxylation is 1. The molecule has 0 aliphatic heterocycles. The molecule has 1 heterocycles. The second-order valence-corrected chi connectivity index (χ2v) is 7.76. The first-order valence-electron chi connectivity index (χ1n) is 7.48. The van der Waals surface area contributed by atoms with Gasteiger partial charge in [0.25, 0.3) is 0 Å². The van der Waals surface area contributed by atoms with Gasteiger partial charge in [0, 0.05) is 14.1 Å².